The number of benzene rings is 1. The Morgan fingerprint density at radius 3 is 2.55 bits per heavy atom. The number of aliphatic hydroxyl groups is 1. The van der Waals surface area contributed by atoms with Crippen molar-refractivity contribution in [2.24, 2.45) is 0 Å². The summed E-state index contributed by atoms with van der Waals surface area (Å²) in [5.74, 6) is -0.722. The molecule has 122 valence electrons. The Hall–Kier alpha value is -1.44. The van der Waals surface area contributed by atoms with Gasteiger partial charge in [-0.1, -0.05) is 17.7 Å². The number of sulfonamides is 1. The summed E-state index contributed by atoms with van der Waals surface area (Å²) < 4.78 is 31.5. The van der Waals surface area contributed by atoms with Crippen LogP contribution >= 0.6 is 0 Å². The zero-order valence-corrected chi connectivity index (χ0v) is 13.8. The third-order valence-corrected chi connectivity index (χ3v) is 5.73. The van der Waals surface area contributed by atoms with Crippen molar-refractivity contribution in [3.8, 4) is 0 Å². The Bertz CT molecular complexity index is 651. The van der Waals surface area contributed by atoms with Crippen LogP contribution in [0.1, 0.15) is 25.8 Å². The van der Waals surface area contributed by atoms with Gasteiger partial charge < -0.3 is 9.84 Å². The molecule has 0 spiro atoms. The van der Waals surface area contributed by atoms with Gasteiger partial charge in [0, 0.05) is 6.54 Å². The van der Waals surface area contributed by atoms with Crippen LogP contribution in [0.5, 0.6) is 0 Å². The van der Waals surface area contributed by atoms with E-state index >= 15 is 0 Å². The van der Waals surface area contributed by atoms with Gasteiger partial charge in [0.15, 0.2) is 6.04 Å². The molecule has 1 aromatic rings. The van der Waals surface area contributed by atoms with Crippen molar-refractivity contribution in [1.82, 2.24) is 4.31 Å². The minimum Gasteiger partial charge on any atom is -0.465 e. The molecule has 1 heterocycles. The molecule has 0 aliphatic carbocycles. The van der Waals surface area contributed by atoms with Crippen molar-refractivity contribution in [2.45, 2.75) is 43.7 Å². The van der Waals surface area contributed by atoms with E-state index in [-0.39, 0.29) is 24.5 Å². The Labute approximate surface area is 130 Å². The van der Waals surface area contributed by atoms with Crippen molar-refractivity contribution < 1.29 is 23.1 Å². The van der Waals surface area contributed by atoms with Crippen LogP contribution < -0.4 is 0 Å². The molecule has 7 heteroatoms. The van der Waals surface area contributed by atoms with Crippen LogP contribution in [0.25, 0.3) is 0 Å². The van der Waals surface area contributed by atoms with Crippen molar-refractivity contribution in [1.29, 1.82) is 0 Å². The largest absolute Gasteiger partial charge is 0.465 e. The average molecular weight is 327 g/mol. The van der Waals surface area contributed by atoms with Crippen LogP contribution in [0.2, 0.25) is 0 Å². The van der Waals surface area contributed by atoms with Gasteiger partial charge >= 0.3 is 5.97 Å². The van der Waals surface area contributed by atoms with Gasteiger partial charge in [0.25, 0.3) is 0 Å². The molecule has 2 rings (SSSR count). The van der Waals surface area contributed by atoms with E-state index in [1.807, 2.05) is 6.92 Å². The Morgan fingerprint density at radius 1 is 1.41 bits per heavy atom. The lowest BCUT2D eigenvalue weighted by molar-refractivity contribution is -0.152. The highest BCUT2D eigenvalue weighted by Crippen LogP contribution is 2.34. The number of aryl methyl sites for hydroxylation is 1. The lowest BCUT2D eigenvalue weighted by Gasteiger charge is -2.28. The van der Waals surface area contributed by atoms with E-state index in [1.165, 1.54) is 19.1 Å². The molecule has 1 aromatic carbocycles. The number of rotatable bonds is 4. The second kappa shape index (κ2) is 5.98. The van der Waals surface area contributed by atoms with E-state index in [0.717, 1.165) is 9.87 Å². The maximum Gasteiger partial charge on any atom is 0.327 e. The zero-order valence-electron chi connectivity index (χ0n) is 12.9. The first-order chi connectivity index (χ1) is 10.2. The molecule has 1 N–H and O–H groups in total. The van der Waals surface area contributed by atoms with E-state index in [0.29, 0.717) is 0 Å². The molecular formula is C15H21NO5S. The summed E-state index contributed by atoms with van der Waals surface area (Å²) in [5, 5.41) is 10.4. The summed E-state index contributed by atoms with van der Waals surface area (Å²) in [5.41, 5.74) is -0.501. The molecule has 1 fully saturated rings. The molecular weight excluding hydrogens is 306 g/mol. The van der Waals surface area contributed by atoms with Gasteiger partial charge in [0.05, 0.1) is 17.1 Å². The summed E-state index contributed by atoms with van der Waals surface area (Å²) in [6.07, 6.45) is 0.182. The van der Waals surface area contributed by atoms with E-state index in [4.69, 9.17) is 4.74 Å². The first kappa shape index (κ1) is 16.9. The molecule has 6 nitrogen and oxygen atoms in total. The van der Waals surface area contributed by atoms with Gasteiger partial charge in [-0.25, -0.2) is 8.42 Å². The van der Waals surface area contributed by atoms with Crippen LogP contribution in [0, 0.1) is 6.92 Å². The van der Waals surface area contributed by atoms with E-state index in [1.54, 1.807) is 19.1 Å². The van der Waals surface area contributed by atoms with Gasteiger partial charge in [-0.2, -0.15) is 4.31 Å². The maximum atomic E-state index is 12.8. The van der Waals surface area contributed by atoms with Crippen LogP contribution in [-0.4, -0.2) is 48.6 Å². The van der Waals surface area contributed by atoms with Crippen LogP contribution in [0.3, 0.4) is 0 Å². The minimum atomic E-state index is -3.87. The van der Waals surface area contributed by atoms with Crippen LogP contribution in [0.4, 0.5) is 0 Å². The molecule has 0 aromatic heterocycles. The Kier molecular flexibility index (Phi) is 4.60. The first-order valence-corrected chi connectivity index (χ1v) is 8.61. The molecule has 22 heavy (non-hydrogen) atoms. The Morgan fingerprint density at radius 2 is 2.00 bits per heavy atom. The predicted octanol–water partition coefficient (Wildman–Crippen LogP) is 1.07. The molecule has 0 amide bonds. The smallest absolute Gasteiger partial charge is 0.327 e. The number of hydrogen-bond donors (Lipinski definition) is 1. The highest BCUT2D eigenvalue weighted by molar-refractivity contribution is 7.89. The van der Waals surface area contributed by atoms with E-state index in [2.05, 4.69) is 0 Å². The molecule has 0 radical (unpaired) electrons. The molecule has 0 bridgehead atoms. The predicted molar refractivity (Wildman–Crippen MR) is 80.7 cm³/mol. The number of carbonyl (C=O) groups excluding carboxylic acids is 1. The van der Waals surface area contributed by atoms with Crippen molar-refractivity contribution in [3.05, 3.63) is 29.8 Å². The standard InChI is InChI=1S/C15H21NO5S/c1-4-21-14(17)13-15(3,18)9-10-16(13)22(19,20)12-7-5-11(2)6-8-12/h5-8,13,18H,4,9-10H2,1-3H3. The number of nitrogens with zero attached hydrogens (tertiary/aromatic N) is 1. The van der Waals surface area contributed by atoms with E-state index in [9.17, 15) is 18.3 Å². The zero-order chi connectivity index (χ0) is 16.5. The summed E-state index contributed by atoms with van der Waals surface area (Å²) in [6.45, 7) is 5.16. The fourth-order valence-electron chi connectivity index (χ4n) is 2.61. The van der Waals surface area contributed by atoms with Crippen molar-refractivity contribution in [3.63, 3.8) is 0 Å². The van der Waals surface area contributed by atoms with Gasteiger partial charge in [0.2, 0.25) is 10.0 Å². The summed E-state index contributed by atoms with van der Waals surface area (Å²) in [7, 11) is -3.87. The van der Waals surface area contributed by atoms with Crippen molar-refractivity contribution >= 4 is 16.0 Å². The third-order valence-electron chi connectivity index (χ3n) is 3.85. The molecule has 1 aliphatic heterocycles. The lowest BCUT2D eigenvalue weighted by atomic mass is 9.98. The highest BCUT2D eigenvalue weighted by Gasteiger charge is 2.52. The quantitative estimate of drug-likeness (QED) is 0.836. The molecule has 1 saturated heterocycles. The first-order valence-electron chi connectivity index (χ1n) is 7.17. The highest BCUT2D eigenvalue weighted by atomic mass is 32.2. The fourth-order valence-corrected chi connectivity index (χ4v) is 4.28. The third kappa shape index (κ3) is 3.02. The molecule has 1 aliphatic rings. The molecule has 0 saturated carbocycles. The lowest BCUT2D eigenvalue weighted by Crippen LogP contribution is -2.51. The van der Waals surface area contributed by atoms with Gasteiger partial charge in [0.1, 0.15) is 0 Å². The second-order valence-corrected chi connectivity index (χ2v) is 7.58. The minimum absolute atomic E-state index is 0.0761. The fraction of sp³-hybridized carbons (Fsp3) is 0.533. The maximum absolute atomic E-state index is 12.8. The Balaban J connectivity index is 2.40. The normalized spacial score (nSPS) is 26.1. The molecule has 2 unspecified atom stereocenters. The summed E-state index contributed by atoms with van der Waals surface area (Å²) in [6, 6.07) is 5.17. The summed E-state index contributed by atoms with van der Waals surface area (Å²) >= 11 is 0. The average Bonchev–Trinajstić information content (AvgIpc) is 2.76. The number of hydrogen-bond acceptors (Lipinski definition) is 5. The number of carbonyl (C=O) groups is 1. The summed E-state index contributed by atoms with van der Waals surface area (Å²) in [4.78, 5) is 12.2. The van der Waals surface area contributed by atoms with Gasteiger partial charge in [-0.3, -0.25) is 4.79 Å². The SMILES string of the molecule is CCOC(=O)C1N(S(=O)(=O)c2ccc(C)cc2)CCC1(C)O. The van der Waals surface area contributed by atoms with Crippen LogP contribution in [0.15, 0.2) is 29.2 Å². The van der Waals surface area contributed by atoms with Crippen molar-refractivity contribution in [2.75, 3.05) is 13.2 Å². The second-order valence-electron chi connectivity index (χ2n) is 5.69. The van der Waals surface area contributed by atoms with Gasteiger partial charge in [-0.05, 0) is 39.3 Å². The topological polar surface area (TPSA) is 83.9 Å². The van der Waals surface area contributed by atoms with Gasteiger partial charge in [-0.15, -0.1) is 0 Å². The van der Waals surface area contributed by atoms with E-state index < -0.39 is 27.6 Å². The monoisotopic (exact) mass is 327 g/mol. The molecule has 2 atom stereocenters. The van der Waals surface area contributed by atoms with Crippen LogP contribution in [-0.2, 0) is 19.6 Å². The number of ether oxygens (including phenoxy) is 1. The number of esters is 1.